The Morgan fingerprint density at radius 1 is 1.16 bits per heavy atom. The van der Waals surface area contributed by atoms with Crippen LogP contribution >= 0.6 is 0 Å². The number of hydrogen-bond acceptors (Lipinski definition) is 3. The van der Waals surface area contributed by atoms with Crippen LogP contribution in [-0.2, 0) is 14.9 Å². The van der Waals surface area contributed by atoms with Crippen molar-refractivity contribution in [3.8, 4) is 0 Å². The van der Waals surface area contributed by atoms with Gasteiger partial charge in [0.2, 0.25) is 0 Å². The number of aliphatic hydroxyl groups is 1. The molecule has 0 saturated carbocycles. The van der Waals surface area contributed by atoms with E-state index in [0.29, 0.717) is 5.56 Å². The van der Waals surface area contributed by atoms with Crippen molar-refractivity contribution >= 4 is 11.5 Å². The first-order valence-corrected chi connectivity index (χ1v) is 8.51. The molecule has 1 atom stereocenters. The molecule has 1 aliphatic rings. The lowest BCUT2D eigenvalue weighted by molar-refractivity contribution is -0.150. The number of aliphatic hydroxyl groups excluding tert-OH is 1. The number of carbonyl (C=O) groups excluding carboxylic acids is 1. The second-order valence-electron chi connectivity index (χ2n) is 7.30. The Hall–Kier alpha value is -2.39. The summed E-state index contributed by atoms with van der Waals surface area (Å²) in [6.45, 7) is 6.45. The van der Waals surface area contributed by atoms with Crippen LogP contribution in [0.3, 0.4) is 0 Å². The molecule has 3 heteroatoms. The molecule has 0 radical (unpaired) electrons. The molecule has 0 heterocycles. The van der Waals surface area contributed by atoms with Crippen LogP contribution in [0.2, 0.25) is 0 Å². The number of carbonyl (C=O) groups is 1. The number of hydrogen-bond donors (Lipinski definition) is 1. The van der Waals surface area contributed by atoms with Crippen LogP contribution in [0, 0.1) is 6.92 Å². The molecule has 0 saturated heterocycles. The number of benzene rings is 2. The van der Waals surface area contributed by atoms with E-state index in [2.05, 4.69) is 55.8 Å². The second kappa shape index (κ2) is 6.49. The summed E-state index contributed by atoms with van der Waals surface area (Å²) in [4.78, 5) is 11.7. The van der Waals surface area contributed by atoms with Gasteiger partial charge >= 0.3 is 5.97 Å². The standard InChI is InChI=1S/C22H24O3/c1-14-5-7-15(8-6-14)17-11-12-22(2,3)19-13-16(9-10-18(17)19)20(23)21(24)25-4/h5-11,13,20,23H,12H2,1-4H3. The highest BCUT2D eigenvalue weighted by atomic mass is 16.5. The predicted molar refractivity (Wildman–Crippen MR) is 99.3 cm³/mol. The van der Waals surface area contributed by atoms with Crippen LogP contribution in [0.15, 0.2) is 48.5 Å². The number of fused-ring (bicyclic) bond motifs is 1. The topological polar surface area (TPSA) is 46.5 Å². The molecule has 130 valence electrons. The molecule has 0 spiro atoms. The summed E-state index contributed by atoms with van der Waals surface area (Å²) in [5.74, 6) is -0.636. The van der Waals surface area contributed by atoms with E-state index in [0.717, 1.165) is 17.5 Å². The molecule has 2 aromatic rings. The Kier molecular flexibility index (Phi) is 4.53. The molecular weight excluding hydrogens is 312 g/mol. The van der Waals surface area contributed by atoms with Crippen LogP contribution in [0.5, 0.6) is 0 Å². The summed E-state index contributed by atoms with van der Waals surface area (Å²) in [5.41, 5.74) is 6.43. The molecule has 1 N–H and O–H groups in total. The van der Waals surface area contributed by atoms with Gasteiger partial charge in [-0.1, -0.05) is 68.0 Å². The lowest BCUT2D eigenvalue weighted by atomic mass is 9.71. The van der Waals surface area contributed by atoms with Gasteiger partial charge in [0.05, 0.1) is 7.11 Å². The number of esters is 1. The first kappa shape index (κ1) is 17.4. The minimum atomic E-state index is -1.25. The Morgan fingerprint density at radius 2 is 1.84 bits per heavy atom. The molecule has 3 nitrogen and oxygen atoms in total. The molecule has 2 aromatic carbocycles. The van der Waals surface area contributed by atoms with Gasteiger partial charge in [0.25, 0.3) is 0 Å². The first-order chi connectivity index (χ1) is 11.8. The summed E-state index contributed by atoms with van der Waals surface area (Å²) in [7, 11) is 1.28. The number of aryl methyl sites for hydroxylation is 1. The third-order valence-electron chi connectivity index (χ3n) is 4.98. The van der Waals surface area contributed by atoms with Crippen molar-refractivity contribution in [2.45, 2.75) is 38.7 Å². The average Bonchev–Trinajstić information content (AvgIpc) is 2.61. The molecule has 0 amide bonds. The fraction of sp³-hybridized carbons (Fsp3) is 0.318. The summed E-state index contributed by atoms with van der Waals surface area (Å²) in [6, 6.07) is 14.3. The van der Waals surface area contributed by atoms with E-state index < -0.39 is 12.1 Å². The smallest absolute Gasteiger partial charge is 0.339 e. The molecule has 0 aliphatic heterocycles. The van der Waals surface area contributed by atoms with E-state index in [-0.39, 0.29) is 5.41 Å². The molecule has 0 bridgehead atoms. The largest absolute Gasteiger partial charge is 0.467 e. The van der Waals surface area contributed by atoms with Crippen LogP contribution in [0.4, 0.5) is 0 Å². The van der Waals surface area contributed by atoms with Crippen LogP contribution in [0.25, 0.3) is 5.57 Å². The molecule has 1 aliphatic carbocycles. The maximum Gasteiger partial charge on any atom is 0.339 e. The summed E-state index contributed by atoms with van der Waals surface area (Å²) in [6.07, 6.45) is 1.93. The van der Waals surface area contributed by atoms with E-state index in [9.17, 15) is 9.90 Å². The first-order valence-electron chi connectivity index (χ1n) is 8.51. The quantitative estimate of drug-likeness (QED) is 0.849. The van der Waals surface area contributed by atoms with Crippen molar-refractivity contribution in [1.82, 2.24) is 0 Å². The number of rotatable bonds is 3. The van der Waals surface area contributed by atoms with Crippen molar-refractivity contribution in [2.24, 2.45) is 0 Å². The highest BCUT2D eigenvalue weighted by Gasteiger charge is 2.30. The van der Waals surface area contributed by atoms with Crippen molar-refractivity contribution in [2.75, 3.05) is 7.11 Å². The minimum Gasteiger partial charge on any atom is -0.467 e. The zero-order valence-electron chi connectivity index (χ0n) is 15.2. The third-order valence-corrected chi connectivity index (χ3v) is 4.98. The van der Waals surface area contributed by atoms with Crippen LogP contribution in [0.1, 0.15) is 54.2 Å². The van der Waals surface area contributed by atoms with Gasteiger partial charge < -0.3 is 9.84 Å². The highest BCUT2D eigenvalue weighted by molar-refractivity contribution is 5.84. The third kappa shape index (κ3) is 3.24. The van der Waals surface area contributed by atoms with Gasteiger partial charge in [0.15, 0.2) is 6.10 Å². The molecule has 3 rings (SSSR count). The van der Waals surface area contributed by atoms with Gasteiger partial charge in [-0.2, -0.15) is 0 Å². The highest BCUT2D eigenvalue weighted by Crippen LogP contribution is 2.42. The lowest BCUT2D eigenvalue weighted by Gasteiger charge is -2.33. The van der Waals surface area contributed by atoms with Crippen LogP contribution < -0.4 is 0 Å². The molecule has 25 heavy (non-hydrogen) atoms. The Balaban J connectivity index is 2.09. The van der Waals surface area contributed by atoms with Gasteiger partial charge in [-0.15, -0.1) is 0 Å². The molecule has 0 fully saturated rings. The van der Waals surface area contributed by atoms with Crippen LogP contribution in [-0.4, -0.2) is 18.2 Å². The fourth-order valence-corrected chi connectivity index (χ4v) is 3.36. The van der Waals surface area contributed by atoms with E-state index in [1.807, 2.05) is 18.2 Å². The normalized spacial score (nSPS) is 16.6. The second-order valence-corrected chi connectivity index (χ2v) is 7.30. The zero-order chi connectivity index (χ0) is 18.2. The van der Waals surface area contributed by atoms with Crippen molar-refractivity contribution in [3.63, 3.8) is 0 Å². The van der Waals surface area contributed by atoms with Crippen molar-refractivity contribution < 1.29 is 14.6 Å². The summed E-state index contributed by atoms with van der Waals surface area (Å²) < 4.78 is 4.66. The van der Waals surface area contributed by atoms with Gasteiger partial charge in [0, 0.05) is 0 Å². The maximum atomic E-state index is 11.7. The number of ether oxygens (including phenoxy) is 1. The molecule has 1 unspecified atom stereocenters. The molecular formula is C22H24O3. The van der Waals surface area contributed by atoms with Gasteiger partial charge in [0.1, 0.15) is 0 Å². The van der Waals surface area contributed by atoms with Gasteiger partial charge in [-0.05, 0) is 46.6 Å². The van der Waals surface area contributed by atoms with Crippen molar-refractivity contribution in [1.29, 1.82) is 0 Å². The zero-order valence-corrected chi connectivity index (χ0v) is 15.2. The van der Waals surface area contributed by atoms with Crippen molar-refractivity contribution in [3.05, 3.63) is 76.4 Å². The maximum absolute atomic E-state index is 11.7. The Morgan fingerprint density at radius 3 is 2.48 bits per heavy atom. The number of allylic oxidation sites excluding steroid dienone is 1. The SMILES string of the molecule is COC(=O)C(O)c1ccc2c(c1)C(C)(C)CC=C2c1ccc(C)cc1. The Bertz CT molecular complexity index is 829. The number of methoxy groups -OCH3 is 1. The Labute approximate surface area is 149 Å². The minimum absolute atomic E-state index is 0.0601. The summed E-state index contributed by atoms with van der Waals surface area (Å²) in [5, 5.41) is 10.2. The van der Waals surface area contributed by atoms with E-state index in [1.165, 1.54) is 23.8 Å². The monoisotopic (exact) mass is 336 g/mol. The lowest BCUT2D eigenvalue weighted by Crippen LogP contribution is -2.23. The molecule has 0 aromatic heterocycles. The summed E-state index contributed by atoms with van der Waals surface area (Å²) >= 11 is 0. The van der Waals surface area contributed by atoms with E-state index in [1.54, 1.807) is 0 Å². The van der Waals surface area contributed by atoms with Gasteiger partial charge in [-0.3, -0.25) is 0 Å². The van der Waals surface area contributed by atoms with E-state index in [4.69, 9.17) is 0 Å². The average molecular weight is 336 g/mol. The fourth-order valence-electron chi connectivity index (χ4n) is 3.36. The van der Waals surface area contributed by atoms with E-state index >= 15 is 0 Å². The van der Waals surface area contributed by atoms with Gasteiger partial charge in [-0.25, -0.2) is 4.79 Å². The predicted octanol–water partition coefficient (Wildman–Crippen LogP) is 4.31.